The van der Waals surface area contributed by atoms with Gasteiger partial charge in [0, 0.05) is 12.4 Å². The zero-order chi connectivity index (χ0) is 11.5. The molecule has 1 aromatic heterocycles. The van der Waals surface area contributed by atoms with E-state index in [1.807, 2.05) is 5.38 Å². The van der Waals surface area contributed by atoms with Gasteiger partial charge in [-0.15, -0.1) is 0 Å². The largest absolute Gasteiger partial charge is 0.348 e. The van der Waals surface area contributed by atoms with Gasteiger partial charge in [-0.1, -0.05) is 0 Å². The van der Waals surface area contributed by atoms with E-state index in [1.54, 1.807) is 23.4 Å². The number of hydrogen-bond acceptors (Lipinski definition) is 3. The molecule has 0 saturated carbocycles. The van der Waals surface area contributed by atoms with Crippen molar-refractivity contribution < 1.29 is 9.59 Å². The van der Waals surface area contributed by atoms with Crippen molar-refractivity contribution in [1.29, 1.82) is 0 Å². The first-order valence-corrected chi connectivity index (χ1v) is 5.52. The van der Waals surface area contributed by atoms with Gasteiger partial charge in [0.05, 0.1) is 12.2 Å². The Morgan fingerprint density at radius 2 is 2.50 bits per heavy atom. The van der Waals surface area contributed by atoms with Crippen LogP contribution in [0.5, 0.6) is 0 Å². The number of carbonyl (C=O) groups excluding carboxylic acids is 2. The Kier molecular flexibility index (Phi) is 2.86. The van der Waals surface area contributed by atoms with Gasteiger partial charge in [-0.25, -0.2) is 4.79 Å². The van der Waals surface area contributed by atoms with E-state index in [2.05, 4.69) is 15.6 Å². The molecule has 6 nitrogen and oxygen atoms in total. The molecule has 1 aliphatic heterocycles. The topological polar surface area (TPSA) is 73.8 Å². The molecule has 2 rings (SSSR count). The molecule has 0 spiro atoms. The van der Waals surface area contributed by atoms with Crippen molar-refractivity contribution in [2.24, 2.45) is 4.99 Å². The Balaban J connectivity index is 2.01. The Bertz CT molecular complexity index is 440. The summed E-state index contributed by atoms with van der Waals surface area (Å²) in [5.41, 5.74) is 0.700. The number of likely N-dealkylation sites (N-methyl/N-ethyl adjacent to an activating group) is 1. The van der Waals surface area contributed by atoms with Crippen LogP contribution in [-0.2, 0) is 4.79 Å². The first-order chi connectivity index (χ1) is 7.65. The third kappa shape index (κ3) is 2.37. The molecule has 3 amide bonds. The Morgan fingerprint density at radius 3 is 3.06 bits per heavy atom. The Labute approximate surface area is 96.0 Å². The van der Waals surface area contributed by atoms with E-state index in [0.29, 0.717) is 5.69 Å². The molecule has 2 N–H and O–H groups in total. The maximum absolute atomic E-state index is 11.4. The van der Waals surface area contributed by atoms with Gasteiger partial charge in [-0.3, -0.25) is 10.1 Å². The van der Waals surface area contributed by atoms with Crippen molar-refractivity contribution in [1.82, 2.24) is 10.2 Å². The molecule has 2 heterocycles. The zero-order valence-corrected chi connectivity index (χ0v) is 9.37. The van der Waals surface area contributed by atoms with Gasteiger partial charge in [-0.2, -0.15) is 16.3 Å². The van der Waals surface area contributed by atoms with E-state index in [9.17, 15) is 9.59 Å². The van der Waals surface area contributed by atoms with Crippen molar-refractivity contribution in [3.8, 4) is 0 Å². The number of hydrogen-bond donors (Lipinski definition) is 2. The lowest BCUT2D eigenvalue weighted by molar-refractivity contribution is -0.118. The van der Waals surface area contributed by atoms with Gasteiger partial charge < -0.3 is 10.2 Å². The molecule has 0 atom stereocenters. The number of nitrogens with zero attached hydrogens (tertiary/aromatic N) is 2. The molecule has 1 aromatic rings. The Hall–Kier alpha value is -1.89. The van der Waals surface area contributed by atoms with Gasteiger partial charge >= 0.3 is 6.03 Å². The van der Waals surface area contributed by atoms with Crippen LogP contribution in [0.3, 0.4) is 0 Å². The number of urea groups is 1. The predicted octanol–water partition coefficient (Wildman–Crippen LogP) is 0.698. The summed E-state index contributed by atoms with van der Waals surface area (Å²) < 4.78 is 0. The summed E-state index contributed by atoms with van der Waals surface area (Å²) in [7, 11) is 1.69. The van der Waals surface area contributed by atoms with Gasteiger partial charge in [-0.05, 0) is 11.4 Å². The normalized spacial score (nSPS) is 17.7. The average molecular weight is 238 g/mol. The number of aliphatic imine (C=N–C) groups is 1. The van der Waals surface area contributed by atoms with Crippen LogP contribution in [-0.4, -0.2) is 36.4 Å². The van der Waals surface area contributed by atoms with Crippen LogP contribution in [0.4, 0.5) is 10.5 Å². The molecule has 84 valence electrons. The predicted molar refractivity (Wildman–Crippen MR) is 61.5 cm³/mol. The third-order valence-electron chi connectivity index (χ3n) is 1.97. The molecule has 1 saturated heterocycles. The quantitative estimate of drug-likeness (QED) is 0.756. The summed E-state index contributed by atoms with van der Waals surface area (Å²) in [6, 6.07) is 1.28. The number of carbonyl (C=O) groups is 2. The van der Waals surface area contributed by atoms with E-state index in [1.165, 1.54) is 11.3 Å². The number of thiophene rings is 1. The molecule has 0 aromatic carbocycles. The minimum Gasteiger partial charge on any atom is -0.336 e. The molecular formula is C9H10N4O2S. The lowest BCUT2D eigenvalue weighted by Crippen LogP contribution is -2.29. The fraction of sp³-hybridized carbons (Fsp3) is 0.222. The fourth-order valence-corrected chi connectivity index (χ4v) is 1.83. The maximum atomic E-state index is 11.4. The second kappa shape index (κ2) is 4.31. The minimum absolute atomic E-state index is 0.162. The van der Waals surface area contributed by atoms with Crippen molar-refractivity contribution in [2.45, 2.75) is 0 Å². The van der Waals surface area contributed by atoms with Crippen molar-refractivity contribution >= 4 is 34.9 Å². The van der Waals surface area contributed by atoms with Crippen LogP contribution in [0.25, 0.3) is 0 Å². The van der Waals surface area contributed by atoms with Gasteiger partial charge in [0.1, 0.15) is 0 Å². The number of rotatable bonds is 1. The molecule has 0 bridgehead atoms. The summed E-state index contributed by atoms with van der Waals surface area (Å²) in [4.78, 5) is 27.8. The summed E-state index contributed by atoms with van der Waals surface area (Å²) in [5.74, 6) is 0.113. The van der Waals surface area contributed by atoms with Crippen molar-refractivity contribution in [3.63, 3.8) is 0 Å². The number of amides is 3. The first kappa shape index (κ1) is 10.6. The summed E-state index contributed by atoms with van der Waals surface area (Å²) >= 11 is 1.48. The molecule has 0 aliphatic carbocycles. The van der Waals surface area contributed by atoms with Crippen LogP contribution in [0.15, 0.2) is 21.8 Å². The molecule has 16 heavy (non-hydrogen) atoms. The molecule has 1 aliphatic rings. The van der Waals surface area contributed by atoms with Gasteiger partial charge in [0.15, 0.2) is 0 Å². The van der Waals surface area contributed by atoms with E-state index in [4.69, 9.17) is 0 Å². The Morgan fingerprint density at radius 1 is 1.69 bits per heavy atom. The highest BCUT2D eigenvalue weighted by Crippen LogP contribution is 2.11. The monoisotopic (exact) mass is 238 g/mol. The van der Waals surface area contributed by atoms with E-state index < -0.39 is 6.03 Å². The van der Waals surface area contributed by atoms with Crippen LogP contribution in [0.1, 0.15) is 0 Å². The summed E-state index contributed by atoms with van der Waals surface area (Å²) in [6.45, 7) is 0.227. The molecule has 1 fully saturated rings. The van der Waals surface area contributed by atoms with Crippen LogP contribution in [0, 0.1) is 0 Å². The SMILES string of the molecule is CN1CC(=O)NC1=NC(=O)Nc1ccsc1. The second-order valence-electron chi connectivity index (χ2n) is 3.28. The fourth-order valence-electron chi connectivity index (χ4n) is 1.25. The van der Waals surface area contributed by atoms with E-state index in [-0.39, 0.29) is 18.4 Å². The molecule has 0 radical (unpaired) electrons. The van der Waals surface area contributed by atoms with Crippen LogP contribution >= 0.6 is 11.3 Å². The van der Waals surface area contributed by atoms with Crippen LogP contribution < -0.4 is 10.6 Å². The average Bonchev–Trinajstić information content (AvgIpc) is 2.78. The van der Waals surface area contributed by atoms with Gasteiger partial charge in [0.25, 0.3) is 0 Å². The molecule has 7 heteroatoms. The van der Waals surface area contributed by atoms with E-state index >= 15 is 0 Å². The number of anilines is 1. The zero-order valence-electron chi connectivity index (χ0n) is 8.56. The standard InChI is InChI=1S/C9H10N4O2S/c1-13-4-7(14)11-8(13)12-9(15)10-6-2-3-16-5-6/h2-3,5H,4H2,1H3,(H2,10,11,12,14,15). The highest BCUT2D eigenvalue weighted by Gasteiger charge is 2.22. The minimum atomic E-state index is -0.498. The highest BCUT2D eigenvalue weighted by atomic mass is 32.1. The summed E-state index contributed by atoms with van der Waals surface area (Å²) in [6.07, 6.45) is 0. The molecular weight excluding hydrogens is 228 g/mol. The smallest absolute Gasteiger partial charge is 0.336 e. The van der Waals surface area contributed by atoms with Gasteiger partial charge in [0.2, 0.25) is 11.9 Å². The lowest BCUT2D eigenvalue weighted by atomic mass is 10.5. The van der Waals surface area contributed by atoms with Crippen molar-refractivity contribution in [2.75, 3.05) is 18.9 Å². The van der Waals surface area contributed by atoms with Crippen molar-refractivity contribution in [3.05, 3.63) is 16.8 Å². The first-order valence-electron chi connectivity index (χ1n) is 4.58. The van der Waals surface area contributed by atoms with E-state index in [0.717, 1.165) is 0 Å². The second-order valence-corrected chi connectivity index (χ2v) is 4.06. The summed E-state index contributed by atoms with van der Waals surface area (Å²) in [5, 5.41) is 8.74. The van der Waals surface area contributed by atoms with Crippen LogP contribution in [0.2, 0.25) is 0 Å². The molecule has 0 unspecified atom stereocenters. The highest BCUT2D eigenvalue weighted by molar-refractivity contribution is 7.08. The maximum Gasteiger partial charge on any atom is 0.348 e. The third-order valence-corrected chi connectivity index (χ3v) is 2.66. The lowest BCUT2D eigenvalue weighted by Gasteiger charge is -2.07. The number of nitrogens with one attached hydrogen (secondary N) is 2. The number of guanidine groups is 1.